The third-order valence-corrected chi connectivity index (χ3v) is 11.0. The maximum absolute atomic E-state index is 9.26. The molecule has 9 N–H and O–H groups in total. The Hall–Kier alpha value is -0.240. The molecule has 7 unspecified atom stereocenters. The molecule has 7 atom stereocenters. The first-order valence-corrected chi connectivity index (χ1v) is 18.8. The van der Waals surface area contributed by atoms with Gasteiger partial charge in [0.2, 0.25) is 0 Å². The van der Waals surface area contributed by atoms with Crippen LogP contribution in [0.2, 0.25) is 0 Å². The van der Waals surface area contributed by atoms with Gasteiger partial charge in [-0.05, 0) is 144 Å². The van der Waals surface area contributed by atoms with Crippen LogP contribution >= 0.6 is 0 Å². The van der Waals surface area contributed by atoms with E-state index in [4.69, 9.17) is 27.4 Å². The molecule has 0 aromatic carbocycles. The molecule has 43 heavy (non-hydrogen) atoms. The summed E-state index contributed by atoms with van der Waals surface area (Å²) in [5, 5.41) is 25.2. The van der Waals surface area contributed by atoms with Crippen molar-refractivity contribution in [1.29, 1.82) is 0 Å². The van der Waals surface area contributed by atoms with Crippen LogP contribution in [-0.2, 0) is 0 Å². The van der Waals surface area contributed by atoms with E-state index in [9.17, 15) is 5.11 Å². The van der Waals surface area contributed by atoms with Crippen molar-refractivity contribution in [3.63, 3.8) is 0 Å². The summed E-state index contributed by atoms with van der Waals surface area (Å²) in [5.74, 6) is 5.03. The molecule has 6 nitrogen and oxygen atoms in total. The number of hydrogen-bond donors (Lipinski definition) is 6. The lowest BCUT2D eigenvalue weighted by Gasteiger charge is -2.60. The van der Waals surface area contributed by atoms with Gasteiger partial charge < -0.3 is 32.5 Å². The molecule has 0 bridgehead atoms. The van der Waals surface area contributed by atoms with Crippen molar-refractivity contribution >= 4 is 0 Å². The van der Waals surface area contributed by atoms with Crippen molar-refractivity contribution in [2.75, 3.05) is 39.5 Å². The van der Waals surface area contributed by atoms with Crippen LogP contribution in [0.25, 0.3) is 0 Å². The van der Waals surface area contributed by atoms with E-state index in [1.165, 1.54) is 89.9 Å². The van der Waals surface area contributed by atoms with Crippen LogP contribution in [0.1, 0.15) is 158 Å². The van der Waals surface area contributed by atoms with Crippen LogP contribution in [0.4, 0.5) is 0 Å². The zero-order valence-electron chi connectivity index (χ0n) is 30.2. The summed E-state index contributed by atoms with van der Waals surface area (Å²) in [4.78, 5) is 0. The van der Waals surface area contributed by atoms with Gasteiger partial charge in [-0.3, -0.25) is 0 Å². The number of unbranched alkanes of at least 4 members (excludes halogenated alkanes) is 2. The lowest BCUT2D eigenvalue weighted by molar-refractivity contribution is -0.111. The zero-order chi connectivity index (χ0) is 33.2. The summed E-state index contributed by atoms with van der Waals surface area (Å²) in [7, 11) is 0. The Labute approximate surface area is 269 Å². The van der Waals surface area contributed by atoms with E-state index in [2.05, 4.69) is 20.8 Å². The highest BCUT2D eigenvalue weighted by Crippen LogP contribution is 2.67. The Bertz CT molecular complexity index is 581. The number of aliphatic hydroxyl groups excluding tert-OH is 3. The van der Waals surface area contributed by atoms with E-state index in [0.717, 1.165) is 55.4 Å². The molecule has 4 aliphatic rings. The summed E-state index contributed by atoms with van der Waals surface area (Å²) in [6.07, 6.45) is 22.6. The van der Waals surface area contributed by atoms with Crippen LogP contribution in [0, 0.1) is 40.4 Å². The van der Waals surface area contributed by atoms with Crippen molar-refractivity contribution in [3.05, 3.63) is 0 Å². The van der Waals surface area contributed by atoms with Crippen LogP contribution in [0.5, 0.6) is 0 Å². The monoisotopic (exact) mass is 616 g/mol. The summed E-state index contributed by atoms with van der Waals surface area (Å²) in [6, 6.07) is 0. The molecular formula is C37H81N3O3. The molecule has 0 saturated heterocycles. The van der Waals surface area contributed by atoms with Crippen LogP contribution < -0.4 is 17.2 Å². The standard InChI is InChI=1S/C22H38O.C5H13N.2C3H9NO.2C2H6/c1-21-13-4-3-6-16(21)8-10-18-19-11-9-17(7-5-15-23)22(19,2)14-12-20(18)21;1-2-3-4-5-6;2*4-2-1-3-5;2*1-2/h16-20,23H,3-15H2,1-2H3;2-6H2,1H3;2*5H,1-4H2;2*1-2H3. The van der Waals surface area contributed by atoms with Gasteiger partial charge in [-0.2, -0.15) is 0 Å². The van der Waals surface area contributed by atoms with Gasteiger partial charge in [0.15, 0.2) is 0 Å². The Balaban J connectivity index is 0. The lowest BCUT2D eigenvalue weighted by Crippen LogP contribution is -2.52. The Morgan fingerprint density at radius 3 is 1.60 bits per heavy atom. The lowest BCUT2D eigenvalue weighted by atomic mass is 9.45. The first-order chi connectivity index (χ1) is 20.8. The Morgan fingerprint density at radius 2 is 1.14 bits per heavy atom. The Kier molecular flexibility index (Phi) is 29.2. The van der Waals surface area contributed by atoms with Gasteiger partial charge in [0.05, 0.1) is 0 Å². The highest BCUT2D eigenvalue weighted by molar-refractivity contribution is 5.08. The fourth-order valence-corrected chi connectivity index (χ4v) is 8.79. The zero-order valence-corrected chi connectivity index (χ0v) is 30.2. The molecule has 0 spiro atoms. The van der Waals surface area contributed by atoms with Crippen LogP contribution in [0.15, 0.2) is 0 Å². The normalized spacial score (nSPS) is 31.6. The van der Waals surface area contributed by atoms with E-state index in [1.807, 2.05) is 27.7 Å². The quantitative estimate of drug-likeness (QED) is 0.140. The fourth-order valence-electron chi connectivity index (χ4n) is 8.79. The highest BCUT2D eigenvalue weighted by Gasteiger charge is 2.59. The summed E-state index contributed by atoms with van der Waals surface area (Å²) < 4.78 is 0. The molecular weight excluding hydrogens is 534 g/mol. The van der Waals surface area contributed by atoms with E-state index in [0.29, 0.717) is 30.5 Å². The van der Waals surface area contributed by atoms with E-state index in [1.54, 1.807) is 0 Å². The van der Waals surface area contributed by atoms with Crippen LogP contribution in [0.3, 0.4) is 0 Å². The van der Waals surface area contributed by atoms with Crippen molar-refractivity contribution in [3.8, 4) is 0 Å². The first-order valence-electron chi connectivity index (χ1n) is 18.8. The minimum absolute atomic E-state index is 0.219. The van der Waals surface area contributed by atoms with Crippen molar-refractivity contribution in [1.82, 2.24) is 0 Å². The van der Waals surface area contributed by atoms with Crippen molar-refractivity contribution < 1.29 is 15.3 Å². The minimum atomic E-state index is 0.219. The van der Waals surface area contributed by atoms with E-state index < -0.39 is 0 Å². The predicted octanol–water partition coefficient (Wildman–Crippen LogP) is 7.65. The van der Waals surface area contributed by atoms with Gasteiger partial charge in [-0.25, -0.2) is 0 Å². The second-order valence-electron chi connectivity index (χ2n) is 13.3. The predicted molar refractivity (Wildman–Crippen MR) is 189 cm³/mol. The summed E-state index contributed by atoms with van der Waals surface area (Å²) in [5.41, 5.74) is 16.5. The molecule has 4 rings (SSSR count). The molecule has 6 heteroatoms. The molecule has 0 radical (unpaired) electrons. The van der Waals surface area contributed by atoms with Gasteiger partial charge in [0.1, 0.15) is 0 Å². The SMILES string of the molecule is CC.CC.CC12CCCCC1CCC1C2CCC2(C)C(CCCO)CCC12.CCCCCN.NCCCO.NCCCO. The molecule has 4 saturated carbocycles. The molecule has 0 aliphatic heterocycles. The van der Waals surface area contributed by atoms with Gasteiger partial charge in [0, 0.05) is 19.8 Å². The minimum Gasteiger partial charge on any atom is -0.396 e. The number of aliphatic hydroxyl groups is 3. The van der Waals surface area contributed by atoms with Crippen LogP contribution in [-0.4, -0.2) is 54.8 Å². The van der Waals surface area contributed by atoms with Gasteiger partial charge in [-0.1, -0.05) is 74.1 Å². The molecule has 0 aromatic rings. The molecule has 0 heterocycles. The third kappa shape index (κ3) is 14.8. The topological polar surface area (TPSA) is 139 Å². The number of fused-ring (bicyclic) bond motifs is 5. The van der Waals surface area contributed by atoms with E-state index >= 15 is 0 Å². The largest absolute Gasteiger partial charge is 0.396 e. The number of hydrogen-bond acceptors (Lipinski definition) is 6. The second kappa shape index (κ2) is 28.0. The molecule has 4 fully saturated rings. The van der Waals surface area contributed by atoms with E-state index in [-0.39, 0.29) is 13.2 Å². The van der Waals surface area contributed by atoms with Gasteiger partial charge in [0.25, 0.3) is 0 Å². The number of rotatable bonds is 10. The highest BCUT2D eigenvalue weighted by atomic mass is 16.3. The molecule has 262 valence electrons. The Morgan fingerprint density at radius 1 is 0.581 bits per heavy atom. The van der Waals surface area contributed by atoms with Crippen molar-refractivity contribution in [2.24, 2.45) is 57.6 Å². The van der Waals surface area contributed by atoms with Gasteiger partial charge >= 0.3 is 0 Å². The maximum atomic E-state index is 9.26. The van der Waals surface area contributed by atoms with Crippen molar-refractivity contribution in [2.45, 2.75) is 158 Å². The first kappa shape index (κ1) is 44.9. The molecule has 4 aliphatic carbocycles. The maximum Gasteiger partial charge on any atom is 0.0443 e. The summed E-state index contributed by atoms with van der Waals surface area (Å²) in [6.45, 7) is 18.4. The second-order valence-corrected chi connectivity index (χ2v) is 13.3. The average Bonchev–Trinajstić information content (AvgIpc) is 3.38. The number of nitrogens with two attached hydrogens (primary N) is 3. The van der Waals surface area contributed by atoms with Gasteiger partial charge in [-0.15, -0.1) is 0 Å². The summed E-state index contributed by atoms with van der Waals surface area (Å²) >= 11 is 0. The molecule has 0 aromatic heterocycles. The fraction of sp³-hybridized carbons (Fsp3) is 1.00. The average molecular weight is 616 g/mol. The smallest absolute Gasteiger partial charge is 0.0443 e. The third-order valence-electron chi connectivity index (χ3n) is 11.0. The molecule has 0 amide bonds.